The number of rotatable bonds is 80. The topological polar surface area (TPSA) is 237 Å². The number of phosphoric ester groups is 2. The summed E-state index contributed by atoms with van der Waals surface area (Å²) in [7, 11) is -9.92. The van der Waals surface area contributed by atoms with Crippen LogP contribution >= 0.6 is 15.6 Å². The van der Waals surface area contributed by atoms with Gasteiger partial charge in [0.05, 0.1) is 26.4 Å². The molecular formula is C81H158O17P2. The fourth-order valence-electron chi connectivity index (χ4n) is 12.5. The van der Waals surface area contributed by atoms with Gasteiger partial charge in [-0.05, 0) is 37.5 Å². The zero-order chi connectivity index (χ0) is 73.5. The van der Waals surface area contributed by atoms with Gasteiger partial charge in [0.1, 0.15) is 19.3 Å². The Bertz CT molecular complexity index is 1920. The second-order valence-corrected chi connectivity index (χ2v) is 33.0. The van der Waals surface area contributed by atoms with Gasteiger partial charge in [-0.15, -0.1) is 0 Å². The number of carbonyl (C=O) groups is 4. The van der Waals surface area contributed by atoms with Gasteiger partial charge in [-0.25, -0.2) is 9.13 Å². The summed E-state index contributed by atoms with van der Waals surface area (Å²) in [5.41, 5.74) is 0. The highest BCUT2D eigenvalue weighted by molar-refractivity contribution is 7.47. The Hall–Kier alpha value is -1.94. The minimum absolute atomic E-state index is 0.108. The van der Waals surface area contributed by atoms with Gasteiger partial charge < -0.3 is 33.8 Å². The van der Waals surface area contributed by atoms with Gasteiger partial charge in [-0.1, -0.05) is 375 Å². The van der Waals surface area contributed by atoms with Gasteiger partial charge in [0.2, 0.25) is 0 Å². The Morgan fingerprint density at radius 3 is 0.680 bits per heavy atom. The Morgan fingerprint density at radius 2 is 0.460 bits per heavy atom. The van der Waals surface area contributed by atoms with Crippen molar-refractivity contribution < 1.29 is 80.2 Å². The number of hydrogen-bond donors (Lipinski definition) is 3. The fraction of sp³-hybridized carbons (Fsp3) is 0.951. The van der Waals surface area contributed by atoms with Crippen molar-refractivity contribution in [2.45, 2.75) is 445 Å². The van der Waals surface area contributed by atoms with Crippen LogP contribution in [0.4, 0.5) is 0 Å². The third-order valence-electron chi connectivity index (χ3n) is 19.0. The third-order valence-corrected chi connectivity index (χ3v) is 20.9. The molecule has 0 spiro atoms. The molecule has 594 valence electrons. The minimum Gasteiger partial charge on any atom is -0.462 e. The number of hydrogen-bond acceptors (Lipinski definition) is 15. The Morgan fingerprint density at radius 1 is 0.270 bits per heavy atom. The number of unbranched alkanes of at least 4 members (excludes halogenated alkanes) is 50. The zero-order valence-corrected chi connectivity index (χ0v) is 67.3. The molecule has 2 unspecified atom stereocenters. The SMILES string of the molecule is CCCCCCCCCCCCCCCCCCC(=O)OC[C@H](COP(=O)(O)OC[C@@H](O)COP(=O)(O)OC[C@@H](COC(=O)CCCCCCCCCCCCC(C)C)OC(=O)CCCCCCCCCCCCCCCC)OC(=O)CCCCCCCCCCCCCCCCC(C)C. The molecular weight excluding hydrogens is 1310 g/mol. The molecule has 17 nitrogen and oxygen atoms in total. The molecule has 0 saturated heterocycles. The Balaban J connectivity index is 5.27. The molecule has 100 heavy (non-hydrogen) atoms. The molecule has 19 heteroatoms. The number of carbonyl (C=O) groups excluding carboxylic acids is 4. The molecule has 0 fully saturated rings. The normalized spacial score (nSPS) is 13.9. The van der Waals surface area contributed by atoms with E-state index in [4.69, 9.17) is 37.0 Å². The first-order valence-electron chi connectivity index (χ1n) is 42.0. The summed E-state index contributed by atoms with van der Waals surface area (Å²) in [6.07, 6.45) is 62.3. The summed E-state index contributed by atoms with van der Waals surface area (Å²) in [5, 5.41) is 10.6. The third kappa shape index (κ3) is 74.3. The van der Waals surface area contributed by atoms with Gasteiger partial charge in [0.25, 0.3) is 0 Å². The van der Waals surface area contributed by atoms with Crippen molar-refractivity contribution in [2.24, 2.45) is 11.8 Å². The van der Waals surface area contributed by atoms with Crippen LogP contribution in [0.1, 0.15) is 427 Å². The van der Waals surface area contributed by atoms with Crippen LogP contribution in [0, 0.1) is 11.8 Å². The summed E-state index contributed by atoms with van der Waals surface area (Å²) >= 11 is 0. The summed E-state index contributed by atoms with van der Waals surface area (Å²) < 4.78 is 68.8. The van der Waals surface area contributed by atoms with Crippen LogP contribution in [0.15, 0.2) is 0 Å². The lowest BCUT2D eigenvalue weighted by Gasteiger charge is -2.21. The van der Waals surface area contributed by atoms with Gasteiger partial charge in [0, 0.05) is 25.7 Å². The highest BCUT2D eigenvalue weighted by Crippen LogP contribution is 2.45. The summed E-state index contributed by atoms with van der Waals surface area (Å²) in [4.78, 5) is 73.1. The van der Waals surface area contributed by atoms with Gasteiger partial charge in [-0.3, -0.25) is 37.3 Å². The first-order chi connectivity index (χ1) is 48.4. The molecule has 0 heterocycles. The molecule has 0 amide bonds. The quantitative estimate of drug-likeness (QED) is 0.0222. The molecule has 0 saturated carbocycles. The second-order valence-electron chi connectivity index (χ2n) is 30.1. The lowest BCUT2D eigenvalue weighted by Crippen LogP contribution is -2.30. The van der Waals surface area contributed by atoms with E-state index in [9.17, 15) is 43.2 Å². The molecule has 0 aliphatic rings. The van der Waals surface area contributed by atoms with Crippen molar-refractivity contribution in [1.82, 2.24) is 0 Å². The van der Waals surface area contributed by atoms with E-state index in [0.717, 1.165) is 102 Å². The standard InChI is InChI=1S/C81H158O17P2/c1-7-9-11-13-15-17-19-21-23-24-29-32-39-45-51-57-63-78(83)91-69-76(97-81(86)66-60-54-48-42-34-30-26-25-27-31-37-43-49-55-61-73(3)4)71-95-99(87,88)93-67-75(82)68-94-100(89,90)96-72-77(70-92-79(84)64-58-52-46-40-36-35-38-44-50-56-62-74(5)6)98-80(85)65-59-53-47-41-33-28-22-20-18-16-14-12-10-8-2/h73-77,82H,7-72H2,1-6H3,(H,87,88)(H,89,90)/t75-,76-,77-/m1/s1. The molecule has 0 bridgehead atoms. The monoisotopic (exact) mass is 1470 g/mol. The maximum atomic E-state index is 13.1. The number of esters is 4. The van der Waals surface area contributed by atoms with E-state index in [1.54, 1.807) is 0 Å². The lowest BCUT2D eigenvalue weighted by atomic mass is 10.0. The van der Waals surface area contributed by atoms with Crippen LogP contribution in [-0.2, 0) is 65.4 Å². The fourth-order valence-corrected chi connectivity index (χ4v) is 14.1. The highest BCUT2D eigenvalue weighted by atomic mass is 31.2. The van der Waals surface area contributed by atoms with Crippen LogP contribution in [-0.4, -0.2) is 96.7 Å². The van der Waals surface area contributed by atoms with Crippen LogP contribution in [0.25, 0.3) is 0 Å². The summed E-state index contributed by atoms with van der Waals surface area (Å²) in [6, 6.07) is 0. The Labute approximate surface area is 613 Å². The number of phosphoric acid groups is 2. The van der Waals surface area contributed by atoms with E-state index in [-0.39, 0.29) is 25.7 Å². The molecule has 0 aromatic carbocycles. The smallest absolute Gasteiger partial charge is 0.462 e. The van der Waals surface area contributed by atoms with E-state index in [0.29, 0.717) is 25.7 Å². The van der Waals surface area contributed by atoms with Gasteiger partial charge in [-0.2, -0.15) is 0 Å². The average molecular weight is 1470 g/mol. The van der Waals surface area contributed by atoms with E-state index in [1.165, 1.54) is 244 Å². The van der Waals surface area contributed by atoms with Crippen LogP contribution in [0.5, 0.6) is 0 Å². The molecule has 0 rings (SSSR count). The molecule has 0 aliphatic carbocycles. The lowest BCUT2D eigenvalue weighted by molar-refractivity contribution is -0.161. The van der Waals surface area contributed by atoms with E-state index < -0.39 is 97.5 Å². The Kier molecular flexibility index (Phi) is 71.2. The summed E-state index contributed by atoms with van der Waals surface area (Å²) in [5.74, 6) is -0.552. The number of aliphatic hydroxyl groups is 1. The molecule has 5 atom stereocenters. The summed E-state index contributed by atoms with van der Waals surface area (Å²) in [6.45, 7) is 9.66. The van der Waals surface area contributed by atoms with Crippen molar-refractivity contribution >= 4 is 39.5 Å². The van der Waals surface area contributed by atoms with Crippen LogP contribution in [0.3, 0.4) is 0 Å². The maximum Gasteiger partial charge on any atom is 0.472 e. The van der Waals surface area contributed by atoms with E-state index in [1.807, 2.05) is 0 Å². The van der Waals surface area contributed by atoms with Crippen molar-refractivity contribution in [3.05, 3.63) is 0 Å². The predicted molar refractivity (Wildman–Crippen MR) is 409 cm³/mol. The van der Waals surface area contributed by atoms with Gasteiger partial charge >= 0.3 is 39.5 Å². The number of aliphatic hydroxyl groups excluding tert-OH is 1. The molecule has 0 aliphatic heterocycles. The van der Waals surface area contributed by atoms with Crippen molar-refractivity contribution in [3.8, 4) is 0 Å². The average Bonchev–Trinajstić information content (AvgIpc) is 0.932. The highest BCUT2D eigenvalue weighted by Gasteiger charge is 2.30. The van der Waals surface area contributed by atoms with Crippen LogP contribution in [0.2, 0.25) is 0 Å². The molecule has 0 aromatic heterocycles. The predicted octanol–water partition coefficient (Wildman–Crippen LogP) is 24.3. The van der Waals surface area contributed by atoms with Crippen LogP contribution < -0.4 is 0 Å². The first-order valence-corrected chi connectivity index (χ1v) is 45.0. The molecule has 3 N–H and O–H groups in total. The maximum absolute atomic E-state index is 13.1. The second kappa shape index (κ2) is 72.6. The van der Waals surface area contributed by atoms with E-state index >= 15 is 0 Å². The minimum atomic E-state index is -4.96. The van der Waals surface area contributed by atoms with Crippen molar-refractivity contribution in [2.75, 3.05) is 39.6 Å². The largest absolute Gasteiger partial charge is 0.472 e. The van der Waals surface area contributed by atoms with Crippen molar-refractivity contribution in [3.63, 3.8) is 0 Å². The first kappa shape index (κ1) is 98.1. The van der Waals surface area contributed by atoms with E-state index in [2.05, 4.69) is 41.5 Å². The van der Waals surface area contributed by atoms with Gasteiger partial charge in [0.15, 0.2) is 12.2 Å². The molecule has 0 aromatic rings. The molecule has 0 radical (unpaired) electrons. The van der Waals surface area contributed by atoms with Crippen molar-refractivity contribution in [1.29, 1.82) is 0 Å². The number of ether oxygens (including phenoxy) is 4. The zero-order valence-electron chi connectivity index (χ0n) is 65.5.